The highest BCUT2D eigenvalue weighted by molar-refractivity contribution is 5.14. The molecule has 0 saturated carbocycles. The van der Waals surface area contributed by atoms with Gasteiger partial charge in [0.2, 0.25) is 0 Å². The molecule has 0 aliphatic heterocycles. The van der Waals surface area contributed by atoms with Crippen LogP contribution in [0.2, 0.25) is 0 Å². The minimum Gasteiger partial charge on any atom is -0.392 e. The fraction of sp³-hybridized carbons (Fsp3) is 0.300. The van der Waals surface area contributed by atoms with Gasteiger partial charge in [0, 0.05) is 18.4 Å². The van der Waals surface area contributed by atoms with Crippen molar-refractivity contribution in [2.75, 3.05) is 6.61 Å². The second-order valence-electron chi connectivity index (χ2n) is 2.78. The Morgan fingerprint density at radius 1 is 1.54 bits per heavy atom. The van der Waals surface area contributed by atoms with Gasteiger partial charge < -0.3 is 10.8 Å². The van der Waals surface area contributed by atoms with E-state index < -0.39 is 0 Å². The maximum absolute atomic E-state index is 8.51. The van der Waals surface area contributed by atoms with Crippen molar-refractivity contribution in [3.05, 3.63) is 42.2 Å². The van der Waals surface area contributed by atoms with Crippen molar-refractivity contribution in [2.45, 2.75) is 12.5 Å². The average molecular weight is 178 g/mol. The summed E-state index contributed by atoms with van der Waals surface area (Å²) in [5.41, 5.74) is 6.88. The van der Waals surface area contributed by atoms with E-state index in [9.17, 15) is 0 Å². The van der Waals surface area contributed by atoms with Gasteiger partial charge in [-0.05, 0) is 18.1 Å². The Balaban J connectivity index is 2.49. The Hall–Kier alpha value is -1.19. The Morgan fingerprint density at radius 2 is 2.38 bits per heavy atom. The molecular weight excluding hydrogens is 164 g/mol. The van der Waals surface area contributed by atoms with Gasteiger partial charge in [0.15, 0.2) is 0 Å². The first-order chi connectivity index (χ1) is 6.34. The van der Waals surface area contributed by atoms with Crippen LogP contribution in [0.4, 0.5) is 0 Å². The van der Waals surface area contributed by atoms with Crippen molar-refractivity contribution < 1.29 is 5.11 Å². The van der Waals surface area contributed by atoms with E-state index in [0.29, 0.717) is 0 Å². The summed E-state index contributed by atoms with van der Waals surface area (Å²) in [4.78, 5) is 3.98. The van der Waals surface area contributed by atoms with E-state index in [1.165, 1.54) is 0 Å². The number of aliphatic hydroxyl groups is 1. The number of pyridine rings is 1. The molecule has 3 heteroatoms. The second kappa shape index (κ2) is 5.45. The minimum atomic E-state index is -0.0310. The Kier molecular flexibility index (Phi) is 4.15. The van der Waals surface area contributed by atoms with Crippen molar-refractivity contribution in [1.82, 2.24) is 4.98 Å². The van der Waals surface area contributed by atoms with Gasteiger partial charge in [-0.25, -0.2) is 0 Å². The molecule has 3 nitrogen and oxygen atoms in total. The molecule has 0 spiro atoms. The quantitative estimate of drug-likeness (QED) is 0.677. The van der Waals surface area contributed by atoms with Gasteiger partial charge in [0.25, 0.3) is 0 Å². The summed E-state index contributed by atoms with van der Waals surface area (Å²) in [5.74, 6) is 0. The topological polar surface area (TPSA) is 59.1 Å². The van der Waals surface area contributed by atoms with E-state index >= 15 is 0 Å². The molecule has 3 N–H and O–H groups in total. The van der Waals surface area contributed by atoms with Gasteiger partial charge in [-0.2, -0.15) is 0 Å². The van der Waals surface area contributed by atoms with Crippen LogP contribution in [-0.2, 0) is 0 Å². The van der Waals surface area contributed by atoms with Gasteiger partial charge in [0.05, 0.1) is 6.61 Å². The van der Waals surface area contributed by atoms with E-state index in [-0.39, 0.29) is 12.6 Å². The second-order valence-corrected chi connectivity index (χ2v) is 2.78. The molecule has 13 heavy (non-hydrogen) atoms. The normalized spacial score (nSPS) is 13.4. The van der Waals surface area contributed by atoms with Crippen molar-refractivity contribution in [3.63, 3.8) is 0 Å². The van der Waals surface area contributed by atoms with Crippen molar-refractivity contribution in [3.8, 4) is 0 Å². The first-order valence-electron chi connectivity index (χ1n) is 4.26. The molecule has 0 bridgehead atoms. The van der Waals surface area contributed by atoms with Crippen LogP contribution in [0.3, 0.4) is 0 Å². The summed E-state index contributed by atoms with van der Waals surface area (Å²) in [6.45, 7) is 0.0692. The van der Waals surface area contributed by atoms with E-state index in [1.807, 2.05) is 18.2 Å². The summed E-state index contributed by atoms with van der Waals surface area (Å²) < 4.78 is 0. The Morgan fingerprint density at radius 3 is 3.00 bits per heavy atom. The lowest BCUT2D eigenvalue weighted by molar-refractivity contribution is 0.342. The number of hydrogen-bond acceptors (Lipinski definition) is 3. The molecular formula is C10H14N2O. The third-order valence-electron chi connectivity index (χ3n) is 1.77. The molecule has 1 heterocycles. The zero-order chi connectivity index (χ0) is 9.52. The van der Waals surface area contributed by atoms with Gasteiger partial charge in [-0.1, -0.05) is 18.2 Å². The lowest BCUT2D eigenvalue weighted by atomic mass is 10.1. The first kappa shape index (κ1) is 9.89. The summed E-state index contributed by atoms with van der Waals surface area (Å²) >= 11 is 0. The highest BCUT2D eigenvalue weighted by Crippen LogP contribution is 2.11. The molecule has 0 radical (unpaired) electrons. The first-order valence-corrected chi connectivity index (χ1v) is 4.26. The van der Waals surface area contributed by atoms with E-state index in [2.05, 4.69) is 4.98 Å². The fourth-order valence-corrected chi connectivity index (χ4v) is 1.05. The fourth-order valence-electron chi connectivity index (χ4n) is 1.05. The van der Waals surface area contributed by atoms with Crippen LogP contribution in [0, 0.1) is 0 Å². The van der Waals surface area contributed by atoms with Crippen molar-refractivity contribution in [1.29, 1.82) is 0 Å². The molecule has 0 amide bonds. The van der Waals surface area contributed by atoms with Crippen LogP contribution in [-0.4, -0.2) is 16.7 Å². The summed E-state index contributed by atoms with van der Waals surface area (Å²) in [7, 11) is 0. The van der Waals surface area contributed by atoms with Gasteiger partial charge >= 0.3 is 0 Å². The van der Waals surface area contributed by atoms with Crippen LogP contribution in [0.25, 0.3) is 0 Å². The molecule has 0 unspecified atom stereocenters. The highest BCUT2D eigenvalue weighted by Gasteiger charge is 2.01. The lowest BCUT2D eigenvalue weighted by Crippen LogP contribution is -2.09. The largest absolute Gasteiger partial charge is 0.392 e. The number of aliphatic hydroxyl groups excluding tert-OH is 1. The zero-order valence-corrected chi connectivity index (χ0v) is 7.43. The van der Waals surface area contributed by atoms with Gasteiger partial charge in [0.1, 0.15) is 0 Å². The molecule has 0 saturated heterocycles. The maximum Gasteiger partial charge on any atom is 0.0612 e. The smallest absolute Gasteiger partial charge is 0.0612 e. The number of hydrogen-bond donors (Lipinski definition) is 2. The summed E-state index contributed by atoms with van der Waals surface area (Å²) in [6.07, 6.45) is 7.78. The Labute approximate surface area is 77.9 Å². The molecule has 0 fully saturated rings. The van der Waals surface area contributed by atoms with Crippen LogP contribution in [0.15, 0.2) is 36.7 Å². The van der Waals surface area contributed by atoms with Crippen LogP contribution in [0.5, 0.6) is 0 Å². The monoisotopic (exact) mass is 178 g/mol. The molecule has 1 aromatic rings. The summed E-state index contributed by atoms with van der Waals surface area (Å²) in [5, 5.41) is 8.51. The number of nitrogens with two attached hydrogens (primary N) is 1. The molecule has 0 aliphatic carbocycles. The van der Waals surface area contributed by atoms with E-state index in [4.69, 9.17) is 10.8 Å². The predicted molar refractivity (Wildman–Crippen MR) is 52.0 cm³/mol. The average Bonchev–Trinajstić information content (AvgIpc) is 2.19. The molecule has 0 aliphatic rings. The van der Waals surface area contributed by atoms with Gasteiger partial charge in [-0.15, -0.1) is 0 Å². The molecule has 1 atom stereocenters. The van der Waals surface area contributed by atoms with Crippen molar-refractivity contribution in [2.24, 2.45) is 5.73 Å². The molecule has 1 aromatic heterocycles. The molecule has 0 aromatic carbocycles. The number of aromatic nitrogens is 1. The van der Waals surface area contributed by atoms with Gasteiger partial charge in [-0.3, -0.25) is 4.98 Å². The lowest BCUT2D eigenvalue weighted by Gasteiger charge is -2.07. The van der Waals surface area contributed by atoms with E-state index in [0.717, 1.165) is 12.0 Å². The third-order valence-corrected chi connectivity index (χ3v) is 1.77. The number of rotatable bonds is 4. The summed E-state index contributed by atoms with van der Waals surface area (Å²) in [6, 6.07) is 3.78. The van der Waals surface area contributed by atoms with Crippen molar-refractivity contribution >= 4 is 0 Å². The third kappa shape index (κ3) is 3.36. The molecule has 1 rings (SSSR count). The van der Waals surface area contributed by atoms with Crippen LogP contribution < -0.4 is 5.73 Å². The standard InChI is InChI=1S/C10H14N2O/c11-10(5-1-2-7-13)9-4-3-6-12-8-9/h1-4,6,8,10,13H,5,7,11H2/b2-1-/t10-/m1/s1. The zero-order valence-electron chi connectivity index (χ0n) is 7.43. The predicted octanol–water partition coefficient (Wildman–Crippen LogP) is 1.02. The minimum absolute atomic E-state index is 0.0310. The van der Waals surface area contributed by atoms with Crippen LogP contribution in [0.1, 0.15) is 18.0 Å². The van der Waals surface area contributed by atoms with Crippen LogP contribution >= 0.6 is 0 Å². The highest BCUT2D eigenvalue weighted by atomic mass is 16.2. The maximum atomic E-state index is 8.51. The Bertz CT molecular complexity index is 259. The van der Waals surface area contributed by atoms with E-state index in [1.54, 1.807) is 18.5 Å². The SMILES string of the molecule is N[C@H](C/C=C\CO)c1cccnc1. The molecule has 70 valence electrons. The number of nitrogens with zero attached hydrogens (tertiary/aromatic N) is 1.